The molecule has 0 unspecified atom stereocenters. The van der Waals surface area contributed by atoms with E-state index in [1.54, 1.807) is 37.3 Å². The van der Waals surface area contributed by atoms with E-state index in [0.717, 1.165) is 5.56 Å². The summed E-state index contributed by atoms with van der Waals surface area (Å²) in [5.41, 5.74) is 1.69. The van der Waals surface area contributed by atoms with Crippen LogP contribution in [0.5, 0.6) is 11.5 Å². The summed E-state index contributed by atoms with van der Waals surface area (Å²) in [5.74, 6) is 0.301. The fraction of sp³-hybridized carbons (Fsp3) is 0.333. The van der Waals surface area contributed by atoms with Crippen LogP contribution in [0, 0.1) is 12.7 Å². The highest BCUT2D eigenvalue weighted by Crippen LogP contribution is 2.30. The molecule has 34 heavy (non-hydrogen) atoms. The van der Waals surface area contributed by atoms with Crippen molar-refractivity contribution < 1.29 is 31.6 Å². The van der Waals surface area contributed by atoms with E-state index in [2.05, 4.69) is 5.16 Å². The molecule has 1 aliphatic heterocycles. The van der Waals surface area contributed by atoms with Crippen LogP contribution in [0.4, 0.5) is 4.39 Å². The fourth-order valence-corrected chi connectivity index (χ4v) is 5.70. The first-order valence-corrected chi connectivity index (χ1v) is 12.5. The first-order chi connectivity index (χ1) is 16.2. The topological polar surface area (TPSA) is 98.9 Å². The van der Waals surface area contributed by atoms with Crippen molar-refractivity contribution in [1.82, 2.24) is 10.1 Å². The molecule has 4 rings (SSSR count). The van der Waals surface area contributed by atoms with Crippen LogP contribution in [0.3, 0.4) is 0 Å². The summed E-state index contributed by atoms with van der Waals surface area (Å²) in [7, 11) is -0.203. The van der Waals surface area contributed by atoms with Gasteiger partial charge in [-0.05, 0) is 42.7 Å². The molecule has 10 heteroatoms. The average molecular weight is 489 g/mol. The van der Waals surface area contributed by atoms with Crippen molar-refractivity contribution in [3.63, 3.8) is 0 Å². The number of carbonyl (C=O) groups is 1. The summed E-state index contributed by atoms with van der Waals surface area (Å²) in [6.45, 7) is 1.79. The number of aromatic nitrogens is 1. The number of hydrogen-bond donors (Lipinski definition) is 0. The Morgan fingerprint density at radius 1 is 1.15 bits per heavy atom. The van der Waals surface area contributed by atoms with Gasteiger partial charge in [0.15, 0.2) is 32.8 Å². The lowest BCUT2D eigenvalue weighted by atomic mass is 10.1. The second-order valence-electron chi connectivity index (χ2n) is 8.22. The van der Waals surface area contributed by atoms with Crippen LogP contribution < -0.4 is 9.47 Å². The van der Waals surface area contributed by atoms with Crippen LogP contribution in [-0.2, 0) is 16.4 Å². The molecular weight excluding hydrogens is 463 g/mol. The van der Waals surface area contributed by atoms with E-state index < -0.39 is 27.6 Å². The minimum Gasteiger partial charge on any atom is -0.493 e. The molecule has 0 N–H and O–H groups in total. The Hall–Kier alpha value is -3.40. The first-order valence-electron chi connectivity index (χ1n) is 10.7. The number of halogens is 1. The van der Waals surface area contributed by atoms with Crippen molar-refractivity contribution in [2.45, 2.75) is 25.9 Å². The molecule has 8 nitrogen and oxygen atoms in total. The zero-order chi connectivity index (χ0) is 24.5. The number of amides is 1. The second kappa shape index (κ2) is 9.46. The number of carbonyl (C=O) groups excluding carboxylic acids is 1. The number of sulfone groups is 1. The normalized spacial score (nSPS) is 16.9. The Labute approximate surface area is 197 Å². The van der Waals surface area contributed by atoms with Crippen LogP contribution >= 0.6 is 0 Å². The summed E-state index contributed by atoms with van der Waals surface area (Å²) in [4.78, 5) is 15.0. The molecule has 1 fully saturated rings. The maximum atomic E-state index is 14.0. The lowest BCUT2D eigenvalue weighted by molar-refractivity contribution is 0.0670. The molecular formula is C24H25FN2O6S. The molecule has 1 aliphatic rings. The van der Waals surface area contributed by atoms with Gasteiger partial charge < -0.3 is 18.9 Å². The Morgan fingerprint density at radius 3 is 2.56 bits per heavy atom. The summed E-state index contributed by atoms with van der Waals surface area (Å²) >= 11 is 0. The van der Waals surface area contributed by atoms with Crippen LogP contribution in [0.2, 0.25) is 0 Å². The highest BCUT2D eigenvalue weighted by molar-refractivity contribution is 7.91. The van der Waals surface area contributed by atoms with Crippen molar-refractivity contribution in [3.8, 4) is 22.8 Å². The Kier molecular flexibility index (Phi) is 6.60. The highest BCUT2D eigenvalue weighted by Gasteiger charge is 2.36. The maximum Gasteiger partial charge on any atom is 0.276 e. The van der Waals surface area contributed by atoms with Crippen molar-refractivity contribution in [3.05, 3.63) is 65.1 Å². The minimum atomic E-state index is -3.24. The molecule has 0 bridgehead atoms. The number of hydrogen-bond acceptors (Lipinski definition) is 7. The zero-order valence-electron chi connectivity index (χ0n) is 19.1. The molecule has 2 aromatic carbocycles. The van der Waals surface area contributed by atoms with Crippen molar-refractivity contribution in [2.75, 3.05) is 25.7 Å². The van der Waals surface area contributed by atoms with Crippen LogP contribution in [-0.4, -0.2) is 56.1 Å². The average Bonchev–Trinajstić information content (AvgIpc) is 3.45. The third kappa shape index (κ3) is 4.91. The van der Waals surface area contributed by atoms with Gasteiger partial charge in [-0.25, -0.2) is 12.8 Å². The predicted molar refractivity (Wildman–Crippen MR) is 123 cm³/mol. The molecule has 0 radical (unpaired) electrons. The summed E-state index contributed by atoms with van der Waals surface area (Å²) < 4.78 is 54.2. The largest absolute Gasteiger partial charge is 0.493 e. The molecule has 3 aromatic rings. The van der Waals surface area contributed by atoms with E-state index in [4.69, 9.17) is 14.0 Å². The smallest absolute Gasteiger partial charge is 0.276 e. The van der Waals surface area contributed by atoms with Gasteiger partial charge in [-0.3, -0.25) is 4.79 Å². The number of nitrogens with zero attached hydrogens (tertiary/aromatic N) is 2. The SMILES string of the molecule is COc1ccc(CN(C(=O)c2cc(-c3ccc(C)c(F)c3)on2)[C@H]2CCS(=O)(=O)C2)cc1OC. The van der Waals surface area contributed by atoms with Gasteiger partial charge in [0.05, 0.1) is 25.7 Å². The summed E-state index contributed by atoms with van der Waals surface area (Å²) in [6, 6.07) is 10.8. The van der Waals surface area contributed by atoms with Gasteiger partial charge in [0.25, 0.3) is 5.91 Å². The fourth-order valence-electron chi connectivity index (χ4n) is 3.97. The third-order valence-corrected chi connectivity index (χ3v) is 7.65. The van der Waals surface area contributed by atoms with E-state index in [-0.39, 0.29) is 29.5 Å². The quantitative estimate of drug-likeness (QED) is 0.501. The number of benzene rings is 2. The lowest BCUT2D eigenvalue weighted by Crippen LogP contribution is -2.40. The maximum absolute atomic E-state index is 14.0. The molecule has 1 saturated heterocycles. The second-order valence-corrected chi connectivity index (χ2v) is 10.4. The number of aryl methyl sites for hydroxylation is 1. The Balaban J connectivity index is 1.65. The van der Waals surface area contributed by atoms with Gasteiger partial charge in [-0.15, -0.1) is 0 Å². The van der Waals surface area contributed by atoms with Gasteiger partial charge in [0.2, 0.25) is 0 Å². The van der Waals surface area contributed by atoms with E-state index in [1.807, 2.05) is 0 Å². The molecule has 0 saturated carbocycles. The number of rotatable bonds is 7. The van der Waals surface area contributed by atoms with Gasteiger partial charge in [-0.2, -0.15) is 0 Å². The van der Waals surface area contributed by atoms with Gasteiger partial charge in [0, 0.05) is 24.2 Å². The van der Waals surface area contributed by atoms with Crippen LogP contribution in [0.25, 0.3) is 11.3 Å². The summed E-state index contributed by atoms with van der Waals surface area (Å²) in [6.07, 6.45) is 0.329. The Morgan fingerprint density at radius 2 is 1.91 bits per heavy atom. The van der Waals surface area contributed by atoms with E-state index in [9.17, 15) is 17.6 Å². The number of methoxy groups -OCH3 is 2. The zero-order valence-corrected chi connectivity index (χ0v) is 19.9. The van der Waals surface area contributed by atoms with Gasteiger partial charge in [0.1, 0.15) is 5.82 Å². The molecule has 0 aliphatic carbocycles. The van der Waals surface area contributed by atoms with Gasteiger partial charge >= 0.3 is 0 Å². The monoisotopic (exact) mass is 488 g/mol. The third-order valence-electron chi connectivity index (χ3n) is 5.90. The summed E-state index contributed by atoms with van der Waals surface area (Å²) in [5, 5.41) is 3.89. The first kappa shape index (κ1) is 23.7. The van der Waals surface area contributed by atoms with Crippen molar-refractivity contribution in [1.29, 1.82) is 0 Å². The van der Waals surface area contributed by atoms with E-state index in [1.165, 1.54) is 31.3 Å². The highest BCUT2D eigenvalue weighted by atomic mass is 32.2. The Bertz CT molecular complexity index is 1320. The molecule has 1 atom stereocenters. The predicted octanol–water partition coefficient (Wildman–Crippen LogP) is 3.64. The molecule has 2 heterocycles. The van der Waals surface area contributed by atoms with E-state index in [0.29, 0.717) is 29.0 Å². The molecule has 180 valence electrons. The number of ether oxygens (including phenoxy) is 2. The van der Waals surface area contributed by atoms with Crippen LogP contribution in [0.1, 0.15) is 28.0 Å². The van der Waals surface area contributed by atoms with Crippen LogP contribution in [0.15, 0.2) is 47.0 Å². The standard InChI is InChI=1S/C24H25FN2O6S/c1-15-4-6-17(11-19(15)25)22-12-20(26-33-22)24(28)27(18-8-9-34(29,30)14-18)13-16-5-7-21(31-2)23(10-16)32-3/h4-7,10-12,18H,8-9,13-14H2,1-3H3/t18-/m0/s1. The van der Waals surface area contributed by atoms with Crippen molar-refractivity contribution in [2.24, 2.45) is 0 Å². The minimum absolute atomic E-state index is 0.0140. The van der Waals surface area contributed by atoms with Crippen molar-refractivity contribution >= 4 is 15.7 Å². The molecule has 1 aromatic heterocycles. The molecule has 1 amide bonds. The van der Waals surface area contributed by atoms with E-state index >= 15 is 0 Å². The lowest BCUT2D eigenvalue weighted by Gasteiger charge is -2.27. The molecule has 0 spiro atoms. The van der Waals surface area contributed by atoms with Gasteiger partial charge in [-0.1, -0.05) is 23.4 Å².